The number of nitrogens with two attached hydrogens (primary N) is 1. The van der Waals surface area contributed by atoms with Crippen molar-refractivity contribution < 1.29 is 5.11 Å². The summed E-state index contributed by atoms with van der Waals surface area (Å²) in [4.78, 5) is 0. The molecule has 0 aliphatic carbocycles. The molecule has 1 heterocycles. The van der Waals surface area contributed by atoms with Gasteiger partial charge < -0.3 is 10.8 Å². The molecular formula is C5H9N3O. The van der Waals surface area contributed by atoms with Gasteiger partial charge in [0.15, 0.2) is 0 Å². The van der Waals surface area contributed by atoms with Gasteiger partial charge in [0.25, 0.3) is 0 Å². The van der Waals surface area contributed by atoms with Crippen molar-refractivity contribution in [3.63, 3.8) is 0 Å². The van der Waals surface area contributed by atoms with E-state index in [2.05, 4.69) is 10.2 Å². The van der Waals surface area contributed by atoms with Crippen LogP contribution in [0.5, 0.6) is 0 Å². The molecule has 1 rings (SSSR count). The Labute approximate surface area is 52.7 Å². The maximum atomic E-state index is 8.53. The van der Waals surface area contributed by atoms with Gasteiger partial charge in [0.2, 0.25) is 0 Å². The van der Waals surface area contributed by atoms with E-state index in [0.29, 0.717) is 0 Å². The molecule has 0 radical (unpaired) electrons. The van der Waals surface area contributed by atoms with Gasteiger partial charge in [-0.25, -0.2) is 0 Å². The maximum absolute atomic E-state index is 8.53. The van der Waals surface area contributed by atoms with Crippen molar-refractivity contribution in [2.45, 2.75) is 6.04 Å². The molecule has 50 valence electrons. The highest BCUT2D eigenvalue weighted by molar-refractivity contribution is 5.02. The van der Waals surface area contributed by atoms with Crippen LogP contribution in [0.3, 0.4) is 0 Å². The van der Waals surface area contributed by atoms with E-state index in [1.165, 1.54) is 0 Å². The Morgan fingerprint density at radius 3 is 3.11 bits per heavy atom. The van der Waals surface area contributed by atoms with Crippen molar-refractivity contribution in [3.05, 3.63) is 18.0 Å². The summed E-state index contributed by atoms with van der Waals surface area (Å²) in [7, 11) is 0. The van der Waals surface area contributed by atoms with E-state index < -0.39 is 0 Å². The van der Waals surface area contributed by atoms with E-state index in [9.17, 15) is 0 Å². The van der Waals surface area contributed by atoms with Crippen molar-refractivity contribution in [1.82, 2.24) is 10.2 Å². The molecule has 1 aromatic rings. The van der Waals surface area contributed by atoms with Gasteiger partial charge in [-0.05, 0) is 6.07 Å². The summed E-state index contributed by atoms with van der Waals surface area (Å²) >= 11 is 0. The van der Waals surface area contributed by atoms with Gasteiger partial charge in [0.1, 0.15) is 0 Å². The molecule has 0 bridgehead atoms. The maximum Gasteiger partial charge on any atom is 0.0699 e. The van der Waals surface area contributed by atoms with Crippen molar-refractivity contribution in [3.8, 4) is 0 Å². The number of hydrogen-bond donors (Lipinski definition) is 3. The lowest BCUT2D eigenvalue weighted by Crippen LogP contribution is -2.14. The molecule has 0 unspecified atom stereocenters. The lowest BCUT2D eigenvalue weighted by molar-refractivity contribution is 0.266. The molecule has 0 fully saturated rings. The molecule has 0 spiro atoms. The van der Waals surface area contributed by atoms with Crippen molar-refractivity contribution >= 4 is 0 Å². The lowest BCUT2D eigenvalue weighted by atomic mass is 10.2. The van der Waals surface area contributed by atoms with Gasteiger partial charge in [0.05, 0.1) is 18.3 Å². The number of aromatic nitrogens is 2. The fraction of sp³-hybridized carbons (Fsp3) is 0.400. The first-order chi connectivity index (χ1) is 4.34. The zero-order valence-electron chi connectivity index (χ0n) is 4.91. The van der Waals surface area contributed by atoms with Crippen LogP contribution in [-0.2, 0) is 0 Å². The van der Waals surface area contributed by atoms with Crippen molar-refractivity contribution in [2.75, 3.05) is 6.61 Å². The number of aliphatic hydroxyl groups is 1. The zero-order valence-corrected chi connectivity index (χ0v) is 4.91. The van der Waals surface area contributed by atoms with Gasteiger partial charge in [-0.3, -0.25) is 5.10 Å². The topological polar surface area (TPSA) is 74.9 Å². The quantitative estimate of drug-likeness (QED) is 0.496. The molecule has 1 atom stereocenters. The summed E-state index contributed by atoms with van der Waals surface area (Å²) in [5.41, 5.74) is 6.18. The fourth-order valence-electron chi connectivity index (χ4n) is 0.571. The first-order valence-electron chi connectivity index (χ1n) is 2.70. The monoisotopic (exact) mass is 127 g/mol. The molecule has 0 saturated carbocycles. The SMILES string of the molecule is N[C@H](CO)c1ccn[nH]1. The predicted molar refractivity (Wildman–Crippen MR) is 32.6 cm³/mol. The number of rotatable bonds is 2. The van der Waals surface area contributed by atoms with E-state index >= 15 is 0 Å². The highest BCUT2D eigenvalue weighted by Crippen LogP contribution is 2.02. The van der Waals surface area contributed by atoms with Crippen LogP contribution in [-0.4, -0.2) is 21.9 Å². The molecule has 9 heavy (non-hydrogen) atoms. The Bertz CT molecular complexity index is 161. The average molecular weight is 127 g/mol. The molecule has 4 heteroatoms. The molecule has 0 aliphatic heterocycles. The van der Waals surface area contributed by atoms with E-state index in [-0.39, 0.29) is 12.6 Å². The summed E-state index contributed by atoms with van der Waals surface area (Å²) in [5, 5.41) is 14.9. The van der Waals surface area contributed by atoms with Crippen LogP contribution in [0.15, 0.2) is 12.3 Å². The van der Waals surface area contributed by atoms with Gasteiger partial charge in [0, 0.05) is 6.20 Å². The Balaban J connectivity index is 2.65. The predicted octanol–water partition coefficient (Wildman–Crippen LogP) is -0.598. The smallest absolute Gasteiger partial charge is 0.0699 e. The first kappa shape index (κ1) is 6.25. The number of aromatic amines is 1. The minimum absolute atomic E-state index is 0.0534. The average Bonchev–Trinajstić information content (AvgIpc) is 2.37. The standard InChI is InChI=1S/C5H9N3O/c6-4(3-9)5-1-2-7-8-5/h1-2,4,9H,3,6H2,(H,7,8)/t4-/m1/s1. The zero-order chi connectivity index (χ0) is 6.69. The molecule has 4 nitrogen and oxygen atoms in total. The second kappa shape index (κ2) is 2.61. The van der Waals surface area contributed by atoms with Gasteiger partial charge in [-0.1, -0.05) is 0 Å². The van der Waals surface area contributed by atoms with E-state index in [1.807, 2.05) is 0 Å². The molecular weight excluding hydrogens is 118 g/mol. The fourth-order valence-corrected chi connectivity index (χ4v) is 0.571. The Morgan fingerprint density at radius 1 is 1.89 bits per heavy atom. The third-order valence-electron chi connectivity index (χ3n) is 1.12. The van der Waals surface area contributed by atoms with Gasteiger partial charge in [-0.2, -0.15) is 5.10 Å². The van der Waals surface area contributed by atoms with Crippen LogP contribution in [0, 0.1) is 0 Å². The lowest BCUT2D eigenvalue weighted by Gasteiger charge is -2.01. The first-order valence-corrected chi connectivity index (χ1v) is 2.70. The Morgan fingerprint density at radius 2 is 2.67 bits per heavy atom. The van der Waals surface area contributed by atoms with Crippen LogP contribution in [0.1, 0.15) is 11.7 Å². The third kappa shape index (κ3) is 1.28. The molecule has 4 N–H and O–H groups in total. The van der Waals surface area contributed by atoms with E-state index in [0.717, 1.165) is 5.69 Å². The van der Waals surface area contributed by atoms with Crippen LogP contribution in [0.25, 0.3) is 0 Å². The molecule has 0 amide bonds. The summed E-state index contributed by atoms with van der Waals surface area (Å²) in [6.45, 7) is -0.0534. The van der Waals surface area contributed by atoms with Crippen molar-refractivity contribution in [1.29, 1.82) is 0 Å². The van der Waals surface area contributed by atoms with Crippen LogP contribution >= 0.6 is 0 Å². The van der Waals surface area contributed by atoms with E-state index in [4.69, 9.17) is 10.8 Å². The number of H-pyrrole nitrogens is 1. The Hall–Kier alpha value is -0.870. The Kier molecular flexibility index (Phi) is 1.81. The molecule has 0 aromatic carbocycles. The number of hydrogen-bond acceptors (Lipinski definition) is 3. The molecule has 0 aliphatic rings. The normalized spacial score (nSPS) is 13.6. The minimum Gasteiger partial charge on any atom is -0.394 e. The highest BCUT2D eigenvalue weighted by atomic mass is 16.3. The van der Waals surface area contributed by atoms with Crippen LogP contribution < -0.4 is 5.73 Å². The summed E-state index contributed by atoms with van der Waals surface area (Å²) in [6.07, 6.45) is 1.60. The second-order valence-electron chi connectivity index (χ2n) is 1.80. The second-order valence-corrected chi connectivity index (χ2v) is 1.80. The summed E-state index contributed by atoms with van der Waals surface area (Å²) < 4.78 is 0. The summed E-state index contributed by atoms with van der Waals surface area (Å²) in [5.74, 6) is 0. The van der Waals surface area contributed by atoms with Crippen LogP contribution in [0.2, 0.25) is 0 Å². The number of nitrogens with one attached hydrogen (secondary N) is 1. The third-order valence-corrected chi connectivity index (χ3v) is 1.12. The highest BCUT2D eigenvalue weighted by Gasteiger charge is 2.02. The van der Waals surface area contributed by atoms with Crippen LogP contribution in [0.4, 0.5) is 0 Å². The molecule has 0 saturated heterocycles. The van der Waals surface area contributed by atoms with Gasteiger partial charge in [-0.15, -0.1) is 0 Å². The van der Waals surface area contributed by atoms with Gasteiger partial charge >= 0.3 is 0 Å². The van der Waals surface area contributed by atoms with Crippen molar-refractivity contribution in [2.24, 2.45) is 5.73 Å². The number of aliphatic hydroxyl groups excluding tert-OH is 1. The molecule has 1 aromatic heterocycles. The number of nitrogens with zero attached hydrogens (tertiary/aromatic N) is 1. The summed E-state index contributed by atoms with van der Waals surface area (Å²) in [6, 6.07) is 1.41. The largest absolute Gasteiger partial charge is 0.394 e. The van der Waals surface area contributed by atoms with E-state index in [1.54, 1.807) is 12.3 Å². The minimum atomic E-state index is -0.326.